The van der Waals surface area contributed by atoms with Crippen molar-refractivity contribution >= 4 is 5.91 Å². The third-order valence-corrected chi connectivity index (χ3v) is 4.89. The van der Waals surface area contributed by atoms with Gasteiger partial charge in [-0.05, 0) is 44.1 Å². The minimum atomic E-state index is 0.0990. The first-order valence-electron chi connectivity index (χ1n) is 7.76. The molecule has 0 aromatic heterocycles. The molecule has 18 heavy (non-hydrogen) atoms. The maximum Gasteiger partial charge on any atom is 0.239 e. The van der Waals surface area contributed by atoms with E-state index in [-0.39, 0.29) is 6.04 Å². The zero-order chi connectivity index (χ0) is 13.0. The van der Waals surface area contributed by atoms with E-state index in [0.29, 0.717) is 5.91 Å². The largest absolute Gasteiger partial charge is 0.341 e. The third kappa shape index (κ3) is 3.25. The predicted molar refractivity (Wildman–Crippen MR) is 74.4 cm³/mol. The van der Waals surface area contributed by atoms with Crippen LogP contribution in [0.25, 0.3) is 0 Å². The van der Waals surface area contributed by atoms with Crippen molar-refractivity contribution in [2.24, 2.45) is 11.8 Å². The molecule has 0 bridgehead atoms. The highest BCUT2D eigenvalue weighted by atomic mass is 16.2. The Morgan fingerprint density at radius 2 is 1.78 bits per heavy atom. The van der Waals surface area contributed by atoms with Gasteiger partial charge in [0.05, 0.1) is 6.04 Å². The average Bonchev–Trinajstić information content (AvgIpc) is 2.46. The monoisotopic (exact) mass is 252 g/mol. The Balaban J connectivity index is 1.83. The summed E-state index contributed by atoms with van der Waals surface area (Å²) in [5.41, 5.74) is 0. The molecule has 1 amide bonds. The van der Waals surface area contributed by atoms with Crippen molar-refractivity contribution < 1.29 is 4.79 Å². The summed E-state index contributed by atoms with van der Waals surface area (Å²) in [6.45, 7) is 7.47. The number of hydrogen-bond donors (Lipinski definition) is 1. The molecule has 0 spiro atoms. The molecule has 0 saturated carbocycles. The standard InChI is InChI=1S/C15H28N2O/c1-3-12-6-9-17(10-7-12)15(18)14-11-13(4-2)5-8-16-14/h12-14,16H,3-11H2,1-2H3. The summed E-state index contributed by atoms with van der Waals surface area (Å²) in [7, 11) is 0. The molecule has 104 valence electrons. The molecule has 2 atom stereocenters. The van der Waals surface area contributed by atoms with Crippen molar-refractivity contribution in [2.45, 2.75) is 58.4 Å². The Hall–Kier alpha value is -0.570. The summed E-state index contributed by atoms with van der Waals surface area (Å²) >= 11 is 0. The van der Waals surface area contributed by atoms with Crippen molar-refractivity contribution in [2.75, 3.05) is 19.6 Å². The van der Waals surface area contributed by atoms with Gasteiger partial charge in [0.25, 0.3) is 0 Å². The summed E-state index contributed by atoms with van der Waals surface area (Å²) < 4.78 is 0. The molecule has 2 fully saturated rings. The van der Waals surface area contributed by atoms with Gasteiger partial charge in [0.15, 0.2) is 0 Å². The van der Waals surface area contributed by atoms with Crippen LogP contribution < -0.4 is 5.32 Å². The average molecular weight is 252 g/mol. The lowest BCUT2D eigenvalue weighted by Crippen LogP contribution is -2.52. The van der Waals surface area contributed by atoms with E-state index in [1.165, 1.54) is 32.1 Å². The Bertz CT molecular complexity index is 272. The van der Waals surface area contributed by atoms with E-state index in [2.05, 4.69) is 24.1 Å². The minimum absolute atomic E-state index is 0.0990. The quantitative estimate of drug-likeness (QED) is 0.836. The van der Waals surface area contributed by atoms with E-state index in [0.717, 1.165) is 37.9 Å². The highest BCUT2D eigenvalue weighted by molar-refractivity contribution is 5.82. The van der Waals surface area contributed by atoms with E-state index in [4.69, 9.17) is 0 Å². The van der Waals surface area contributed by atoms with Crippen LogP contribution in [0.5, 0.6) is 0 Å². The van der Waals surface area contributed by atoms with Crippen molar-refractivity contribution in [3.8, 4) is 0 Å². The molecule has 2 rings (SSSR count). The molecule has 0 aliphatic carbocycles. The fourth-order valence-electron chi connectivity index (χ4n) is 3.34. The number of amides is 1. The van der Waals surface area contributed by atoms with Crippen LogP contribution in [0.2, 0.25) is 0 Å². The zero-order valence-corrected chi connectivity index (χ0v) is 12.0. The van der Waals surface area contributed by atoms with Crippen LogP contribution in [-0.4, -0.2) is 36.5 Å². The van der Waals surface area contributed by atoms with Crippen molar-refractivity contribution in [1.29, 1.82) is 0 Å². The number of likely N-dealkylation sites (tertiary alicyclic amines) is 1. The van der Waals surface area contributed by atoms with Gasteiger partial charge >= 0.3 is 0 Å². The van der Waals surface area contributed by atoms with E-state index in [9.17, 15) is 4.79 Å². The van der Waals surface area contributed by atoms with Gasteiger partial charge in [0.2, 0.25) is 5.91 Å². The number of rotatable bonds is 3. The molecule has 3 nitrogen and oxygen atoms in total. The molecule has 0 aromatic rings. The van der Waals surface area contributed by atoms with E-state index < -0.39 is 0 Å². The number of hydrogen-bond acceptors (Lipinski definition) is 2. The maximum absolute atomic E-state index is 12.5. The molecule has 0 aromatic carbocycles. The Labute approximate surface area is 111 Å². The second-order valence-electron chi connectivity index (χ2n) is 5.98. The number of nitrogens with one attached hydrogen (secondary N) is 1. The second kappa shape index (κ2) is 6.55. The van der Waals surface area contributed by atoms with Crippen molar-refractivity contribution in [1.82, 2.24) is 10.2 Å². The van der Waals surface area contributed by atoms with Gasteiger partial charge in [-0.2, -0.15) is 0 Å². The highest BCUT2D eigenvalue weighted by Gasteiger charge is 2.31. The molecule has 2 unspecified atom stereocenters. The topological polar surface area (TPSA) is 32.3 Å². The molecule has 0 radical (unpaired) electrons. The Morgan fingerprint density at radius 1 is 1.11 bits per heavy atom. The zero-order valence-electron chi connectivity index (χ0n) is 12.0. The summed E-state index contributed by atoms with van der Waals surface area (Å²) in [5, 5.41) is 3.41. The van der Waals surface area contributed by atoms with Gasteiger partial charge in [-0.1, -0.05) is 26.7 Å². The SMILES string of the molecule is CCC1CCN(C(=O)C2CC(CC)CCN2)CC1. The number of piperidine rings is 2. The first-order valence-corrected chi connectivity index (χ1v) is 7.76. The predicted octanol–water partition coefficient (Wildman–Crippen LogP) is 2.41. The first-order chi connectivity index (χ1) is 8.74. The molecular formula is C15H28N2O. The van der Waals surface area contributed by atoms with Gasteiger partial charge in [0, 0.05) is 13.1 Å². The van der Waals surface area contributed by atoms with E-state index in [1.54, 1.807) is 0 Å². The number of carbonyl (C=O) groups is 1. The van der Waals surface area contributed by atoms with Crippen LogP contribution in [0.3, 0.4) is 0 Å². The van der Waals surface area contributed by atoms with Crippen LogP contribution >= 0.6 is 0 Å². The van der Waals surface area contributed by atoms with Gasteiger partial charge in [-0.15, -0.1) is 0 Å². The van der Waals surface area contributed by atoms with Gasteiger partial charge in [0.1, 0.15) is 0 Å². The molecular weight excluding hydrogens is 224 g/mol. The number of carbonyl (C=O) groups excluding carboxylic acids is 1. The molecule has 2 heterocycles. The maximum atomic E-state index is 12.5. The highest BCUT2D eigenvalue weighted by Crippen LogP contribution is 2.24. The Kier molecular flexibility index (Phi) is 5.04. The van der Waals surface area contributed by atoms with Gasteiger partial charge < -0.3 is 10.2 Å². The first kappa shape index (κ1) is 13.9. The van der Waals surface area contributed by atoms with Crippen LogP contribution in [0, 0.1) is 11.8 Å². The molecule has 2 aliphatic rings. The normalized spacial score (nSPS) is 30.4. The lowest BCUT2D eigenvalue weighted by atomic mass is 9.89. The smallest absolute Gasteiger partial charge is 0.239 e. The summed E-state index contributed by atoms with van der Waals surface area (Å²) in [6, 6.07) is 0.0990. The van der Waals surface area contributed by atoms with E-state index >= 15 is 0 Å². The molecule has 2 saturated heterocycles. The fraction of sp³-hybridized carbons (Fsp3) is 0.933. The third-order valence-electron chi connectivity index (χ3n) is 4.89. The lowest BCUT2D eigenvalue weighted by molar-refractivity contribution is -0.135. The molecule has 1 N–H and O–H groups in total. The minimum Gasteiger partial charge on any atom is -0.341 e. The van der Waals surface area contributed by atoms with E-state index in [1.807, 2.05) is 0 Å². The molecule has 3 heteroatoms. The molecule has 2 aliphatic heterocycles. The van der Waals surface area contributed by atoms with Crippen LogP contribution in [0.4, 0.5) is 0 Å². The fourth-order valence-corrected chi connectivity index (χ4v) is 3.34. The Morgan fingerprint density at radius 3 is 2.39 bits per heavy atom. The van der Waals surface area contributed by atoms with Crippen LogP contribution in [0.1, 0.15) is 52.4 Å². The van der Waals surface area contributed by atoms with Crippen LogP contribution in [0.15, 0.2) is 0 Å². The van der Waals surface area contributed by atoms with Gasteiger partial charge in [-0.25, -0.2) is 0 Å². The van der Waals surface area contributed by atoms with Gasteiger partial charge in [-0.3, -0.25) is 4.79 Å². The summed E-state index contributed by atoms with van der Waals surface area (Å²) in [6.07, 6.45) is 7.16. The second-order valence-corrected chi connectivity index (χ2v) is 5.98. The number of nitrogens with zero attached hydrogens (tertiary/aromatic N) is 1. The lowest BCUT2D eigenvalue weighted by Gasteiger charge is -2.36. The van der Waals surface area contributed by atoms with Crippen molar-refractivity contribution in [3.05, 3.63) is 0 Å². The summed E-state index contributed by atoms with van der Waals surface area (Å²) in [5.74, 6) is 1.95. The van der Waals surface area contributed by atoms with Crippen molar-refractivity contribution in [3.63, 3.8) is 0 Å². The van der Waals surface area contributed by atoms with Crippen LogP contribution in [-0.2, 0) is 4.79 Å². The summed E-state index contributed by atoms with van der Waals surface area (Å²) in [4.78, 5) is 14.6.